The summed E-state index contributed by atoms with van der Waals surface area (Å²) >= 11 is 12.5. The van der Waals surface area contributed by atoms with E-state index in [0.717, 1.165) is 11.4 Å². The summed E-state index contributed by atoms with van der Waals surface area (Å²) in [7, 11) is 0. The van der Waals surface area contributed by atoms with Crippen LogP contribution in [0.15, 0.2) is 48.7 Å². The topological polar surface area (TPSA) is 62.2 Å². The van der Waals surface area contributed by atoms with Crippen LogP contribution in [0.5, 0.6) is 0 Å². The van der Waals surface area contributed by atoms with Crippen molar-refractivity contribution in [2.45, 2.75) is 59.7 Å². The summed E-state index contributed by atoms with van der Waals surface area (Å²) in [6.07, 6.45) is 1.81. The van der Waals surface area contributed by atoms with E-state index < -0.39 is 0 Å². The lowest BCUT2D eigenvalue weighted by atomic mass is 9.96. The van der Waals surface area contributed by atoms with Crippen LogP contribution in [0.25, 0.3) is 0 Å². The highest BCUT2D eigenvalue weighted by molar-refractivity contribution is 7.80. The third kappa shape index (κ3) is 4.80. The predicted molar refractivity (Wildman–Crippen MR) is 147 cm³/mol. The van der Waals surface area contributed by atoms with Gasteiger partial charge < -0.3 is 20.1 Å². The van der Waals surface area contributed by atoms with Gasteiger partial charge in [-0.1, -0.05) is 31.5 Å². The van der Waals surface area contributed by atoms with Crippen molar-refractivity contribution < 1.29 is 4.79 Å². The molecule has 0 aliphatic carbocycles. The van der Waals surface area contributed by atoms with E-state index in [1.165, 1.54) is 17.0 Å². The average Bonchev–Trinajstić information content (AvgIpc) is 3.30. The Balaban J connectivity index is 1.81. The Bertz CT molecular complexity index is 1250. The fourth-order valence-corrected chi connectivity index (χ4v) is 5.45. The fourth-order valence-electron chi connectivity index (χ4n) is 4.88. The first-order valence-corrected chi connectivity index (χ1v) is 12.7. The van der Waals surface area contributed by atoms with Crippen molar-refractivity contribution in [3.05, 3.63) is 76.3 Å². The molecule has 35 heavy (non-hydrogen) atoms. The zero-order valence-corrected chi connectivity index (χ0v) is 22.5. The van der Waals surface area contributed by atoms with Crippen LogP contribution >= 0.6 is 23.8 Å². The fraction of sp³-hybridized carbons (Fsp3) is 0.370. The highest BCUT2D eigenvalue weighted by atomic mass is 35.5. The second-order valence-corrected chi connectivity index (χ2v) is 10.4. The Labute approximate surface area is 217 Å². The van der Waals surface area contributed by atoms with E-state index in [2.05, 4.69) is 58.8 Å². The van der Waals surface area contributed by atoms with Gasteiger partial charge in [-0.05, 0) is 81.9 Å². The third-order valence-electron chi connectivity index (χ3n) is 6.47. The molecule has 2 N–H and O–H groups in total. The monoisotopic (exact) mass is 509 g/mol. The number of nitrogens with one attached hydrogen (secondary N) is 2. The summed E-state index contributed by atoms with van der Waals surface area (Å²) in [5, 5.41) is 7.48. The largest absolute Gasteiger partial charge is 0.351 e. The SMILES string of the molecule is Cc1cc([C@@H]2[C@@H](c3ccccn3)NC(=S)N2c2ccc(NC(=O)C(C)C)c(Cl)c2)c(C)n1C(C)C. The molecule has 0 saturated carbocycles. The number of thiocarbonyl (C=S) groups is 1. The second-order valence-electron chi connectivity index (χ2n) is 9.59. The smallest absolute Gasteiger partial charge is 0.226 e. The quantitative estimate of drug-likeness (QED) is 0.371. The molecule has 1 aromatic carbocycles. The molecule has 1 saturated heterocycles. The predicted octanol–water partition coefficient (Wildman–Crippen LogP) is 6.51. The number of nitrogens with zero attached hydrogens (tertiary/aromatic N) is 3. The lowest BCUT2D eigenvalue weighted by Crippen LogP contribution is -2.29. The molecule has 2 atom stereocenters. The average molecular weight is 510 g/mol. The molecule has 1 aliphatic rings. The number of rotatable bonds is 6. The van der Waals surface area contributed by atoms with Gasteiger partial charge in [0.2, 0.25) is 5.91 Å². The molecule has 0 spiro atoms. The van der Waals surface area contributed by atoms with Crippen LogP contribution in [0.3, 0.4) is 0 Å². The highest BCUT2D eigenvalue weighted by Crippen LogP contribution is 2.44. The van der Waals surface area contributed by atoms with Gasteiger partial charge in [0, 0.05) is 35.2 Å². The molecule has 3 aromatic rings. The van der Waals surface area contributed by atoms with Gasteiger partial charge in [0.15, 0.2) is 5.11 Å². The molecule has 6 nitrogen and oxygen atoms in total. The molecule has 0 bridgehead atoms. The van der Waals surface area contributed by atoms with Crippen molar-refractivity contribution in [1.82, 2.24) is 14.9 Å². The molecule has 1 amide bonds. The van der Waals surface area contributed by atoms with Crippen LogP contribution in [-0.2, 0) is 4.79 Å². The van der Waals surface area contributed by atoms with Gasteiger partial charge in [-0.3, -0.25) is 9.78 Å². The van der Waals surface area contributed by atoms with E-state index in [0.29, 0.717) is 21.9 Å². The Morgan fingerprint density at radius 1 is 1.14 bits per heavy atom. The summed E-state index contributed by atoms with van der Waals surface area (Å²) in [5.74, 6) is -0.215. The Morgan fingerprint density at radius 2 is 1.89 bits per heavy atom. The molecular formula is C27H32ClN5OS. The number of hydrogen-bond acceptors (Lipinski definition) is 3. The van der Waals surface area contributed by atoms with E-state index >= 15 is 0 Å². The van der Waals surface area contributed by atoms with Gasteiger partial charge in [0.25, 0.3) is 0 Å². The molecule has 3 heterocycles. The zero-order chi connectivity index (χ0) is 25.4. The van der Waals surface area contributed by atoms with Gasteiger partial charge in [-0.15, -0.1) is 0 Å². The summed E-state index contributed by atoms with van der Waals surface area (Å²) < 4.78 is 2.35. The van der Waals surface area contributed by atoms with Crippen LogP contribution in [0.1, 0.15) is 68.5 Å². The minimum atomic E-state index is -0.138. The second kappa shape index (κ2) is 9.99. The molecule has 4 rings (SSSR count). The van der Waals surface area contributed by atoms with Crippen molar-refractivity contribution in [3.63, 3.8) is 0 Å². The maximum Gasteiger partial charge on any atom is 0.226 e. The summed E-state index contributed by atoms with van der Waals surface area (Å²) in [6.45, 7) is 12.4. The number of hydrogen-bond donors (Lipinski definition) is 2. The first-order chi connectivity index (χ1) is 16.6. The number of benzene rings is 1. The number of halogens is 1. The summed E-state index contributed by atoms with van der Waals surface area (Å²) in [5.41, 5.74) is 5.95. The van der Waals surface area contributed by atoms with Gasteiger partial charge in [0.05, 0.1) is 28.5 Å². The number of amides is 1. The summed E-state index contributed by atoms with van der Waals surface area (Å²) in [4.78, 5) is 19.0. The normalized spacial score (nSPS) is 17.9. The number of carbonyl (C=O) groups excluding carboxylic acids is 1. The summed E-state index contributed by atoms with van der Waals surface area (Å²) in [6, 6.07) is 13.9. The molecule has 0 radical (unpaired) electrons. The Kier molecular flexibility index (Phi) is 7.20. The van der Waals surface area contributed by atoms with Crippen LogP contribution < -0.4 is 15.5 Å². The van der Waals surface area contributed by atoms with Crippen LogP contribution in [0.4, 0.5) is 11.4 Å². The van der Waals surface area contributed by atoms with E-state index in [4.69, 9.17) is 23.8 Å². The first-order valence-electron chi connectivity index (χ1n) is 11.9. The van der Waals surface area contributed by atoms with Gasteiger partial charge in [0.1, 0.15) is 0 Å². The van der Waals surface area contributed by atoms with E-state index in [9.17, 15) is 4.79 Å². The van der Waals surface area contributed by atoms with Crippen LogP contribution in [0.2, 0.25) is 5.02 Å². The van der Waals surface area contributed by atoms with E-state index in [1.54, 1.807) is 6.20 Å². The minimum Gasteiger partial charge on any atom is -0.351 e. The van der Waals surface area contributed by atoms with Crippen molar-refractivity contribution in [1.29, 1.82) is 0 Å². The number of aryl methyl sites for hydroxylation is 1. The third-order valence-corrected chi connectivity index (χ3v) is 7.10. The molecule has 8 heteroatoms. The maximum absolute atomic E-state index is 12.2. The number of pyridine rings is 1. The minimum absolute atomic E-state index is 0.0766. The van der Waals surface area contributed by atoms with Crippen LogP contribution in [-0.4, -0.2) is 20.6 Å². The molecule has 184 valence electrons. The number of carbonyl (C=O) groups is 1. The highest BCUT2D eigenvalue weighted by Gasteiger charge is 2.42. The van der Waals surface area contributed by atoms with Gasteiger partial charge >= 0.3 is 0 Å². The zero-order valence-electron chi connectivity index (χ0n) is 21.0. The van der Waals surface area contributed by atoms with Crippen molar-refractivity contribution in [2.75, 3.05) is 10.2 Å². The van der Waals surface area contributed by atoms with E-state index in [-0.39, 0.29) is 23.9 Å². The molecular weight excluding hydrogens is 478 g/mol. The molecule has 1 fully saturated rings. The van der Waals surface area contributed by atoms with Crippen LogP contribution in [0, 0.1) is 19.8 Å². The molecule has 2 aromatic heterocycles. The van der Waals surface area contributed by atoms with E-state index in [1.807, 2.05) is 50.2 Å². The lowest BCUT2D eigenvalue weighted by Gasteiger charge is -2.29. The Morgan fingerprint density at radius 3 is 2.46 bits per heavy atom. The number of aromatic nitrogens is 2. The van der Waals surface area contributed by atoms with Crippen molar-refractivity contribution in [2.24, 2.45) is 5.92 Å². The van der Waals surface area contributed by atoms with Crippen molar-refractivity contribution in [3.8, 4) is 0 Å². The lowest BCUT2D eigenvalue weighted by molar-refractivity contribution is -0.118. The number of anilines is 2. The molecule has 0 unspecified atom stereocenters. The Hall–Kier alpha value is -2.90. The van der Waals surface area contributed by atoms with Crippen molar-refractivity contribution >= 4 is 46.2 Å². The first kappa shape index (κ1) is 25.2. The standard InChI is InChI=1S/C27H32ClN5OS/c1-15(2)26(34)30-22-11-10-19(14-21(22)28)33-25(20-13-17(5)32(16(3)4)18(20)6)24(31-27(33)35)23-9-7-8-12-29-23/h7-16,24-25H,1-6H3,(H,30,34)(H,31,35)/t24-,25-/m1/s1. The van der Waals surface area contributed by atoms with Gasteiger partial charge in [-0.2, -0.15) is 0 Å². The maximum atomic E-state index is 12.2. The van der Waals surface area contributed by atoms with Gasteiger partial charge in [-0.25, -0.2) is 0 Å². The molecule has 1 aliphatic heterocycles.